The van der Waals surface area contributed by atoms with Gasteiger partial charge in [-0.1, -0.05) is 12.1 Å². The number of aromatic amines is 1. The van der Waals surface area contributed by atoms with Crippen LogP contribution in [-0.4, -0.2) is 40.8 Å². The summed E-state index contributed by atoms with van der Waals surface area (Å²) in [6.45, 7) is 4.27. The lowest BCUT2D eigenvalue weighted by atomic mass is 9.98. The predicted molar refractivity (Wildman–Crippen MR) is 91.4 cm³/mol. The van der Waals surface area contributed by atoms with Crippen LogP contribution in [0.2, 0.25) is 0 Å². The molecule has 0 bridgehead atoms. The molecule has 128 valence electrons. The summed E-state index contributed by atoms with van der Waals surface area (Å²) < 4.78 is 19.1. The Bertz CT molecular complexity index is 867. The molecule has 0 spiro atoms. The number of aryl methyl sites for hydroxylation is 2. The number of nitrogens with zero attached hydrogens (tertiary/aromatic N) is 2. The Morgan fingerprint density at radius 1 is 1.38 bits per heavy atom. The van der Waals surface area contributed by atoms with Crippen LogP contribution in [0.25, 0.3) is 22.2 Å². The third-order valence-electron chi connectivity index (χ3n) is 4.19. The minimum absolute atomic E-state index is 0.330. The highest BCUT2D eigenvalue weighted by Gasteiger charge is 2.25. The average Bonchev–Trinajstić information content (AvgIpc) is 3.05. The van der Waals surface area contributed by atoms with Gasteiger partial charge in [-0.25, -0.2) is 4.39 Å². The van der Waals surface area contributed by atoms with Crippen LogP contribution >= 0.6 is 0 Å². The Hall–Kier alpha value is -2.18. The van der Waals surface area contributed by atoms with Crippen molar-refractivity contribution in [3.05, 3.63) is 41.0 Å². The van der Waals surface area contributed by atoms with Crippen molar-refractivity contribution in [2.45, 2.75) is 26.4 Å². The van der Waals surface area contributed by atoms with E-state index in [0.29, 0.717) is 29.7 Å². The van der Waals surface area contributed by atoms with Crippen molar-refractivity contribution in [2.75, 3.05) is 20.6 Å². The Balaban J connectivity index is 2.28. The van der Waals surface area contributed by atoms with E-state index in [1.54, 1.807) is 6.07 Å². The van der Waals surface area contributed by atoms with Gasteiger partial charge in [0.15, 0.2) is 0 Å². The molecule has 1 aromatic carbocycles. The van der Waals surface area contributed by atoms with Gasteiger partial charge in [-0.2, -0.15) is 0 Å². The molecule has 2 heterocycles. The second kappa shape index (κ2) is 6.37. The van der Waals surface area contributed by atoms with Crippen LogP contribution in [0, 0.1) is 12.7 Å². The summed E-state index contributed by atoms with van der Waals surface area (Å²) in [5, 5.41) is 15.5. The molecule has 3 rings (SSSR count). The summed E-state index contributed by atoms with van der Waals surface area (Å²) in [6.07, 6.45) is -0.0517. The summed E-state index contributed by atoms with van der Waals surface area (Å²) in [6, 6.07) is 4.55. The minimum Gasteiger partial charge on any atom is -0.387 e. The fraction of sp³-hybridized carbons (Fsp3) is 0.389. The van der Waals surface area contributed by atoms with Crippen molar-refractivity contribution in [2.24, 2.45) is 0 Å². The van der Waals surface area contributed by atoms with E-state index in [1.807, 2.05) is 32.8 Å². The van der Waals surface area contributed by atoms with E-state index >= 15 is 0 Å². The standard InChI is InChI=1S/C18H22FN3O2/c1-5-13-16(10(2)24-21-13)18-17(15(23)9-22(3)4)12-8-11(19)6-7-14(12)20-18/h6-8,15,20,23H,5,9H2,1-4H3. The molecule has 0 radical (unpaired) electrons. The minimum atomic E-state index is -0.760. The highest BCUT2D eigenvalue weighted by molar-refractivity contribution is 5.92. The summed E-state index contributed by atoms with van der Waals surface area (Å²) in [5.41, 5.74) is 3.88. The molecule has 1 atom stereocenters. The lowest BCUT2D eigenvalue weighted by molar-refractivity contribution is 0.140. The van der Waals surface area contributed by atoms with Crippen LogP contribution in [0.4, 0.5) is 4.39 Å². The molecule has 0 amide bonds. The van der Waals surface area contributed by atoms with Gasteiger partial charge in [-0.15, -0.1) is 0 Å². The molecule has 6 heteroatoms. The molecule has 24 heavy (non-hydrogen) atoms. The maximum absolute atomic E-state index is 13.8. The molecule has 0 saturated heterocycles. The zero-order valence-corrected chi connectivity index (χ0v) is 14.4. The lowest BCUT2D eigenvalue weighted by Crippen LogP contribution is -2.20. The Labute approximate surface area is 140 Å². The fourth-order valence-electron chi connectivity index (χ4n) is 3.15. The van der Waals surface area contributed by atoms with E-state index in [-0.39, 0.29) is 5.82 Å². The zero-order chi connectivity index (χ0) is 17.4. The molecule has 1 unspecified atom stereocenters. The van der Waals surface area contributed by atoms with E-state index in [9.17, 15) is 9.50 Å². The van der Waals surface area contributed by atoms with E-state index < -0.39 is 6.10 Å². The number of aromatic nitrogens is 2. The van der Waals surface area contributed by atoms with Crippen LogP contribution in [-0.2, 0) is 6.42 Å². The second-order valence-corrected chi connectivity index (χ2v) is 6.30. The Morgan fingerprint density at radius 2 is 2.12 bits per heavy atom. The number of likely N-dealkylation sites (N-methyl/N-ethyl adjacent to an activating group) is 1. The molecule has 0 aliphatic rings. The second-order valence-electron chi connectivity index (χ2n) is 6.30. The van der Waals surface area contributed by atoms with Gasteiger partial charge in [0.1, 0.15) is 11.6 Å². The molecular weight excluding hydrogens is 309 g/mol. The van der Waals surface area contributed by atoms with Crippen LogP contribution in [0.1, 0.15) is 30.0 Å². The summed E-state index contributed by atoms with van der Waals surface area (Å²) >= 11 is 0. The first-order valence-electron chi connectivity index (χ1n) is 8.01. The lowest BCUT2D eigenvalue weighted by Gasteiger charge is -2.17. The normalized spacial score (nSPS) is 13.1. The average molecular weight is 331 g/mol. The maximum atomic E-state index is 13.8. The van der Waals surface area contributed by atoms with Gasteiger partial charge in [0.25, 0.3) is 0 Å². The van der Waals surface area contributed by atoms with E-state index in [4.69, 9.17) is 4.52 Å². The number of hydrogen-bond donors (Lipinski definition) is 2. The monoisotopic (exact) mass is 331 g/mol. The fourth-order valence-corrected chi connectivity index (χ4v) is 3.15. The topological polar surface area (TPSA) is 65.3 Å². The highest BCUT2D eigenvalue weighted by Crippen LogP contribution is 2.38. The van der Waals surface area contributed by atoms with Gasteiger partial charge < -0.3 is 19.5 Å². The molecule has 0 fully saturated rings. The number of hydrogen-bond acceptors (Lipinski definition) is 4. The maximum Gasteiger partial charge on any atom is 0.143 e. The van der Waals surface area contributed by atoms with E-state index in [0.717, 1.165) is 22.5 Å². The smallest absolute Gasteiger partial charge is 0.143 e. The zero-order valence-electron chi connectivity index (χ0n) is 14.4. The Morgan fingerprint density at radius 3 is 2.79 bits per heavy atom. The van der Waals surface area contributed by atoms with Crippen LogP contribution in [0.5, 0.6) is 0 Å². The van der Waals surface area contributed by atoms with Crippen LogP contribution in [0.15, 0.2) is 22.7 Å². The molecule has 2 N–H and O–H groups in total. The summed E-state index contributed by atoms with van der Waals surface area (Å²) in [5.74, 6) is 0.348. The molecule has 0 aliphatic carbocycles. The summed E-state index contributed by atoms with van der Waals surface area (Å²) in [7, 11) is 3.78. The molecule has 5 nitrogen and oxygen atoms in total. The SMILES string of the molecule is CCc1noc(C)c1-c1[nH]c2ccc(F)cc2c1C(O)CN(C)C. The molecule has 3 aromatic rings. The number of aliphatic hydroxyl groups is 1. The van der Waals surface area contributed by atoms with Crippen LogP contribution in [0.3, 0.4) is 0 Å². The van der Waals surface area contributed by atoms with Gasteiger partial charge in [0, 0.05) is 23.0 Å². The first-order chi connectivity index (χ1) is 11.4. The third-order valence-corrected chi connectivity index (χ3v) is 4.19. The molecular formula is C18H22FN3O2. The van der Waals surface area contributed by atoms with Gasteiger partial charge in [0.2, 0.25) is 0 Å². The van der Waals surface area contributed by atoms with Crippen molar-refractivity contribution in [1.82, 2.24) is 15.0 Å². The van der Waals surface area contributed by atoms with Gasteiger partial charge in [-0.05, 0) is 45.6 Å². The molecule has 0 saturated carbocycles. The number of benzene rings is 1. The predicted octanol–water partition coefficient (Wildman–Crippen LogP) is 3.43. The quantitative estimate of drug-likeness (QED) is 0.752. The van der Waals surface area contributed by atoms with Crippen molar-refractivity contribution < 1.29 is 14.0 Å². The number of halogens is 1. The van der Waals surface area contributed by atoms with Crippen LogP contribution < -0.4 is 0 Å². The largest absolute Gasteiger partial charge is 0.387 e. The third kappa shape index (κ3) is 2.83. The number of aliphatic hydroxyl groups excluding tert-OH is 1. The van der Waals surface area contributed by atoms with Gasteiger partial charge >= 0.3 is 0 Å². The molecule has 0 aliphatic heterocycles. The number of H-pyrrole nitrogens is 1. The highest BCUT2D eigenvalue weighted by atomic mass is 19.1. The van der Waals surface area contributed by atoms with Gasteiger partial charge in [-0.3, -0.25) is 0 Å². The van der Waals surface area contributed by atoms with E-state index in [1.165, 1.54) is 12.1 Å². The first-order valence-corrected chi connectivity index (χ1v) is 8.01. The van der Waals surface area contributed by atoms with Crippen molar-refractivity contribution in [3.63, 3.8) is 0 Å². The number of fused-ring (bicyclic) bond motifs is 1. The number of nitrogens with one attached hydrogen (secondary N) is 1. The van der Waals surface area contributed by atoms with Crippen molar-refractivity contribution >= 4 is 10.9 Å². The van der Waals surface area contributed by atoms with E-state index in [2.05, 4.69) is 10.1 Å². The molecule has 2 aromatic heterocycles. The van der Waals surface area contributed by atoms with Crippen molar-refractivity contribution in [1.29, 1.82) is 0 Å². The Kier molecular flexibility index (Phi) is 4.43. The first kappa shape index (κ1) is 16.7. The van der Waals surface area contributed by atoms with Crippen molar-refractivity contribution in [3.8, 4) is 11.3 Å². The van der Waals surface area contributed by atoms with Gasteiger partial charge in [0.05, 0.1) is 23.1 Å². The number of rotatable bonds is 5. The summed E-state index contributed by atoms with van der Waals surface area (Å²) in [4.78, 5) is 5.21.